The van der Waals surface area contributed by atoms with Crippen LogP contribution < -0.4 is 4.74 Å². The fourth-order valence-electron chi connectivity index (χ4n) is 5.14. The van der Waals surface area contributed by atoms with Gasteiger partial charge in [-0.25, -0.2) is 9.98 Å². The molecule has 0 bridgehead atoms. The minimum absolute atomic E-state index is 0.111. The van der Waals surface area contributed by atoms with Crippen molar-refractivity contribution in [2.24, 2.45) is 23.9 Å². The van der Waals surface area contributed by atoms with Crippen LogP contribution in [0.15, 0.2) is 29.4 Å². The quantitative estimate of drug-likeness (QED) is 0.379. The Bertz CT molecular complexity index is 1280. The van der Waals surface area contributed by atoms with Gasteiger partial charge in [-0.15, -0.1) is 0 Å². The molecule has 198 valence electrons. The zero-order valence-corrected chi connectivity index (χ0v) is 21.5. The lowest BCUT2D eigenvalue weighted by Gasteiger charge is -2.30. The van der Waals surface area contributed by atoms with Crippen LogP contribution in [-0.4, -0.2) is 57.7 Å². The molecule has 0 spiro atoms. The van der Waals surface area contributed by atoms with E-state index in [2.05, 4.69) is 20.0 Å². The third-order valence-corrected chi connectivity index (χ3v) is 8.23. The molecule has 0 unspecified atom stereocenters. The Labute approximate surface area is 217 Å². The lowest BCUT2D eigenvalue weighted by molar-refractivity contribution is -0.153. The highest BCUT2D eigenvalue weighted by molar-refractivity contribution is 7.13. The van der Waals surface area contributed by atoms with Gasteiger partial charge in [0.1, 0.15) is 0 Å². The Morgan fingerprint density at radius 1 is 1.27 bits per heavy atom. The molecule has 1 aliphatic heterocycles. The second-order valence-electron chi connectivity index (χ2n) is 10.0. The molecule has 0 radical (unpaired) electrons. The van der Waals surface area contributed by atoms with Crippen LogP contribution >= 0.6 is 11.3 Å². The fraction of sp³-hybridized carbons (Fsp3) is 0.538. The second kappa shape index (κ2) is 10.9. The van der Waals surface area contributed by atoms with E-state index in [1.54, 1.807) is 16.8 Å². The lowest BCUT2D eigenvalue weighted by atomic mass is 9.81. The van der Waals surface area contributed by atoms with Crippen molar-refractivity contribution in [2.75, 3.05) is 19.7 Å². The topological polar surface area (TPSA) is 72.6 Å². The average molecular weight is 534 g/mol. The van der Waals surface area contributed by atoms with Gasteiger partial charge >= 0.3 is 6.18 Å². The smallest absolute Gasteiger partial charge is 0.422 e. The standard InChI is InChI=1S/C26H30F3N5O2S/c1-33-14-20-7-6-19(12-21(20)32-33)24(35)30-13-18-4-2-17(3-5-18)8-10-34-11-9-23-22(15-34)31-25(37-23)36-16-26(27,28)29/h6-7,12-14,17-18H,2-5,8-11,15-16H2,1H3. The van der Waals surface area contributed by atoms with Crippen molar-refractivity contribution in [3.8, 4) is 5.19 Å². The summed E-state index contributed by atoms with van der Waals surface area (Å²) in [6, 6.07) is 5.48. The van der Waals surface area contributed by atoms with Crippen molar-refractivity contribution in [3.63, 3.8) is 0 Å². The zero-order valence-electron chi connectivity index (χ0n) is 20.7. The summed E-state index contributed by atoms with van der Waals surface area (Å²) in [7, 11) is 1.86. The van der Waals surface area contributed by atoms with Gasteiger partial charge in [-0.2, -0.15) is 18.3 Å². The van der Waals surface area contributed by atoms with E-state index in [9.17, 15) is 18.0 Å². The first-order valence-corrected chi connectivity index (χ1v) is 13.5. The van der Waals surface area contributed by atoms with Crippen LogP contribution in [0, 0.1) is 11.8 Å². The normalized spacial score (nSPS) is 21.0. The number of thiazole rings is 1. The van der Waals surface area contributed by atoms with Crippen molar-refractivity contribution in [1.29, 1.82) is 0 Å². The number of fused-ring (bicyclic) bond motifs is 2. The van der Waals surface area contributed by atoms with Gasteiger partial charge in [0.2, 0.25) is 0 Å². The Kier molecular flexibility index (Phi) is 7.62. The molecule has 37 heavy (non-hydrogen) atoms. The number of carbonyl (C=O) groups excluding carboxylic acids is 1. The number of hydrogen-bond donors (Lipinski definition) is 0. The van der Waals surface area contributed by atoms with Crippen molar-refractivity contribution in [3.05, 3.63) is 40.5 Å². The van der Waals surface area contributed by atoms with E-state index in [-0.39, 0.29) is 11.1 Å². The molecule has 1 fully saturated rings. The number of amides is 1. The number of benzene rings is 1. The van der Waals surface area contributed by atoms with Gasteiger partial charge < -0.3 is 4.74 Å². The van der Waals surface area contributed by atoms with Gasteiger partial charge in [0, 0.05) is 48.4 Å². The van der Waals surface area contributed by atoms with Crippen molar-refractivity contribution in [1.82, 2.24) is 19.7 Å². The van der Waals surface area contributed by atoms with Crippen molar-refractivity contribution >= 4 is 34.4 Å². The van der Waals surface area contributed by atoms with Gasteiger partial charge in [-0.3, -0.25) is 14.4 Å². The van der Waals surface area contributed by atoms with E-state index in [0.29, 0.717) is 23.9 Å². The number of halogens is 3. The maximum Gasteiger partial charge on any atom is 0.422 e. The maximum absolute atomic E-state index is 12.5. The zero-order chi connectivity index (χ0) is 26.0. The minimum Gasteiger partial charge on any atom is -0.460 e. The largest absolute Gasteiger partial charge is 0.460 e. The third-order valence-electron chi connectivity index (χ3n) is 7.16. The SMILES string of the molecule is Cn1cc2ccc(C(=O)N=CC3CCC(CCN4CCc5sc(OCC(F)(F)F)nc5C4)CC3)cc2n1. The van der Waals surface area contributed by atoms with E-state index >= 15 is 0 Å². The van der Waals surface area contributed by atoms with E-state index in [1.165, 1.54) is 11.3 Å². The summed E-state index contributed by atoms with van der Waals surface area (Å²) in [6.07, 6.45) is 5.54. The number of rotatable bonds is 7. The number of hydrogen-bond acceptors (Lipinski definition) is 6. The predicted octanol–water partition coefficient (Wildman–Crippen LogP) is 5.44. The number of ether oxygens (including phenoxy) is 1. The summed E-state index contributed by atoms with van der Waals surface area (Å²) in [5, 5.41) is 5.47. The van der Waals surface area contributed by atoms with Gasteiger partial charge in [-0.05, 0) is 69.0 Å². The number of aliphatic imine (C=N–C) groups is 1. The Morgan fingerprint density at radius 2 is 2.08 bits per heavy atom. The van der Waals surface area contributed by atoms with E-state index in [0.717, 1.165) is 73.1 Å². The summed E-state index contributed by atoms with van der Waals surface area (Å²) in [5.74, 6) is 0.726. The van der Waals surface area contributed by atoms with E-state index in [1.807, 2.05) is 25.5 Å². The minimum atomic E-state index is -4.35. The van der Waals surface area contributed by atoms with Crippen molar-refractivity contribution in [2.45, 2.75) is 51.2 Å². The molecule has 0 atom stereocenters. The van der Waals surface area contributed by atoms with Crippen LogP contribution in [0.3, 0.4) is 0 Å². The van der Waals surface area contributed by atoms with Gasteiger partial charge in [0.15, 0.2) is 6.61 Å². The number of alkyl halides is 3. The number of aryl methyl sites for hydroxylation is 1. The first-order chi connectivity index (χ1) is 17.7. The molecule has 1 aliphatic carbocycles. The highest BCUT2D eigenvalue weighted by Gasteiger charge is 2.30. The second-order valence-corrected chi connectivity index (χ2v) is 11.1. The molecular formula is C26H30F3N5O2S. The summed E-state index contributed by atoms with van der Waals surface area (Å²) >= 11 is 1.23. The summed E-state index contributed by atoms with van der Waals surface area (Å²) in [4.78, 5) is 24.4. The van der Waals surface area contributed by atoms with Crippen LogP contribution in [0.25, 0.3) is 10.9 Å². The highest BCUT2D eigenvalue weighted by Crippen LogP contribution is 2.33. The molecule has 0 saturated heterocycles. The van der Waals surface area contributed by atoms with Crippen LogP contribution in [0.5, 0.6) is 5.19 Å². The van der Waals surface area contributed by atoms with Crippen LogP contribution in [-0.2, 0) is 20.0 Å². The molecule has 11 heteroatoms. The van der Waals surface area contributed by atoms with Crippen LogP contribution in [0.4, 0.5) is 13.2 Å². The lowest BCUT2D eigenvalue weighted by Crippen LogP contribution is -2.32. The van der Waals surface area contributed by atoms with Gasteiger partial charge in [0.25, 0.3) is 11.1 Å². The summed E-state index contributed by atoms with van der Waals surface area (Å²) < 4.78 is 43.8. The molecule has 3 heterocycles. The molecule has 5 rings (SSSR count). The predicted molar refractivity (Wildman–Crippen MR) is 136 cm³/mol. The summed E-state index contributed by atoms with van der Waals surface area (Å²) in [6.45, 7) is 1.21. The third kappa shape index (κ3) is 6.75. The molecule has 7 nitrogen and oxygen atoms in total. The molecule has 0 N–H and O–H groups in total. The Hall–Kier alpha value is -2.79. The van der Waals surface area contributed by atoms with Gasteiger partial charge in [-0.1, -0.05) is 17.4 Å². The van der Waals surface area contributed by atoms with Crippen LogP contribution in [0.2, 0.25) is 0 Å². The Morgan fingerprint density at radius 3 is 2.86 bits per heavy atom. The van der Waals surface area contributed by atoms with Crippen LogP contribution in [0.1, 0.15) is 53.0 Å². The number of nitrogens with zero attached hydrogens (tertiary/aromatic N) is 5. The Balaban J connectivity index is 1.04. The highest BCUT2D eigenvalue weighted by atomic mass is 32.1. The first kappa shape index (κ1) is 25.8. The first-order valence-electron chi connectivity index (χ1n) is 12.6. The fourth-order valence-corrected chi connectivity index (χ4v) is 6.04. The molecule has 1 amide bonds. The molecule has 1 aromatic carbocycles. The van der Waals surface area contributed by atoms with Gasteiger partial charge in [0.05, 0.1) is 11.2 Å². The van der Waals surface area contributed by atoms with E-state index < -0.39 is 12.8 Å². The van der Waals surface area contributed by atoms with Crippen molar-refractivity contribution < 1.29 is 22.7 Å². The molecule has 2 aliphatic rings. The van der Waals surface area contributed by atoms with E-state index in [4.69, 9.17) is 4.74 Å². The molecule has 2 aromatic heterocycles. The molecule has 1 saturated carbocycles. The summed E-state index contributed by atoms with van der Waals surface area (Å²) in [5.41, 5.74) is 2.19. The number of carbonyl (C=O) groups is 1. The maximum atomic E-state index is 12.5. The molecule has 3 aromatic rings. The average Bonchev–Trinajstić information content (AvgIpc) is 3.46. The monoisotopic (exact) mass is 533 g/mol. The number of aromatic nitrogens is 3. The molecular weight excluding hydrogens is 503 g/mol.